The predicted molar refractivity (Wildman–Crippen MR) is 122 cm³/mol. The lowest BCUT2D eigenvalue weighted by atomic mass is 9.92. The van der Waals surface area contributed by atoms with E-state index in [0.29, 0.717) is 43.2 Å². The normalized spacial score (nSPS) is 18.3. The van der Waals surface area contributed by atoms with Crippen LogP contribution in [0.25, 0.3) is 0 Å². The van der Waals surface area contributed by atoms with Crippen LogP contribution in [0.5, 0.6) is 0 Å². The number of carbonyl (C=O) groups is 3. The highest BCUT2D eigenvalue weighted by atomic mass is 35.5. The van der Waals surface area contributed by atoms with Gasteiger partial charge in [-0.25, -0.2) is 0 Å². The van der Waals surface area contributed by atoms with Crippen molar-refractivity contribution in [3.05, 3.63) is 45.2 Å². The molecule has 3 heterocycles. The van der Waals surface area contributed by atoms with Gasteiger partial charge in [-0.3, -0.25) is 24.2 Å². The van der Waals surface area contributed by atoms with Crippen LogP contribution in [0.2, 0.25) is 5.02 Å². The van der Waals surface area contributed by atoms with Gasteiger partial charge in [0.25, 0.3) is 5.56 Å². The minimum absolute atomic E-state index is 0.0729. The van der Waals surface area contributed by atoms with Gasteiger partial charge in [0.2, 0.25) is 17.8 Å². The van der Waals surface area contributed by atoms with Crippen LogP contribution in [0.3, 0.4) is 0 Å². The smallest absolute Gasteiger partial charge is 0.309 e. The lowest BCUT2D eigenvalue weighted by Crippen LogP contribution is -2.41. The number of amides is 2. The highest BCUT2D eigenvalue weighted by Gasteiger charge is 2.36. The minimum atomic E-state index is -0.993. The first kappa shape index (κ1) is 22.8. The van der Waals surface area contributed by atoms with Crippen LogP contribution < -0.4 is 21.1 Å². The lowest BCUT2D eigenvalue weighted by Gasteiger charge is -2.32. The molecule has 1 aromatic carbocycles. The molecule has 1 saturated heterocycles. The van der Waals surface area contributed by atoms with E-state index in [-0.39, 0.29) is 35.6 Å². The topological polar surface area (TPSA) is 133 Å². The van der Waals surface area contributed by atoms with Crippen LogP contribution in [0.4, 0.5) is 17.5 Å². The number of fused-ring (bicyclic) bond motifs is 1. The first-order valence-corrected chi connectivity index (χ1v) is 11.2. The van der Waals surface area contributed by atoms with E-state index in [0.717, 1.165) is 0 Å². The highest BCUT2D eigenvalue weighted by Crippen LogP contribution is 2.31. The molecule has 2 amide bonds. The maximum atomic E-state index is 13.0. The second kappa shape index (κ2) is 9.62. The second-order valence-corrected chi connectivity index (χ2v) is 8.41. The van der Waals surface area contributed by atoms with Gasteiger partial charge in [0, 0.05) is 30.2 Å². The van der Waals surface area contributed by atoms with Gasteiger partial charge in [-0.2, -0.15) is 4.98 Å². The third kappa shape index (κ3) is 5.00. The molecule has 33 heavy (non-hydrogen) atoms. The van der Waals surface area contributed by atoms with Gasteiger partial charge < -0.3 is 20.3 Å². The first-order chi connectivity index (χ1) is 15.9. The summed E-state index contributed by atoms with van der Waals surface area (Å²) in [6.07, 6.45) is 0.960. The number of halogens is 1. The van der Waals surface area contributed by atoms with E-state index < -0.39 is 23.3 Å². The summed E-state index contributed by atoms with van der Waals surface area (Å²) >= 11 is 5.97. The fraction of sp³-hybridized carbons (Fsp3) is 0.409. The molecule has 174 valence electrons. The summed E-state index contributed by atoms with van der Waals surface area (Å²) < 4.78 is 5.09. The van der Waals surface area contributed by atoms with Crippen LogP contribution in [0, 0.1) is 5.92 Å². The third-order valence-electron chi connectivity index (χ3n) is 5.76. The summed E-state index contributed by atoms with van der Waals surface area (Å²) in [7, 11) is 0. The summed E-state index contributed by atoms with van der Waals surface area (Å²) in [6, 6.07) is 6.60. The largest absolute Gasteiger partial charge is 0.466 e. The maximum absolute atomic E-state index is 13.0. The molecule has 4 rings (SSSR count). The Labute approximate surface area is 194 Å². The number of anilines is 3. The molecule has 0 spiro atoms. The van der Waals surface area contributed by atoms with Crippen LogP contribution in [0.1, 0.15) is 37.7 Å². The Balaban J connectivity index is 1.54. The van der Waals surface area contributed by atoms with Crippen molar-refractivity contribution < 1.29 is 19.1 Å². The van der Waals surface area contributed by atoms with Crippen LogP contribution in [0.15, 0.2) is 29.1 Å². The molecule has 0 unspecified atom stereocenters. The lowest BCUT2D eigenvalue weighted by molar-refractivity contribution is -0.148. The molecule has 1 fully saturated rings. The molecule has 0 bridgehead atoms. The molecule has 2 aliphatic heterocycles. The van der Waals surface area contributed by atoms with Crippen molar-refractivity contribution in [2.45, 2.75) is 32.1 Å². The number of carbonyl (C=O) groups excluding carboxylic acids is 3. The highest BCUT2D eigenvalue weighted by molar-refractivity contribution is 6.30. The number of hydrogen-bond acceptors (Lipinski definition) is 7. The van der Waals surface area contributed by atoms with Gasteiger partial charge in [-0.1, -0.05) is 17.7 Å². The first-order valence-electron chi connectivity index (χ1n) is 10.8. The zero-order valence-corrected chi connectivity index (χ0v) is 18.8. The molecule has 0 aliphatic carbocycles. The number of aromatic nitrogens is 2. The molecule has 0 saturated carbocycles. The monoisotopic (exact) mass is 473 g/mol. The fourth-order valence-corrected chi connectivity index (χ4v) is 4.31. The van der Waals surface area contributed by atoms with E-state index >= 15 is 0 Å². The van der Waals surface area contributed by atoms with Crippen LogP contribution in [-0.2, 0) is 19.1 Å². The number of rotatable bonds is 5. The molecule has 1 atom stereocenters. The van der Waals surface area contributed by atoms with Crippen molar-refractivity contribution in [1.29, 1.82) is 0 Å². The van der Waals surface area contributed by atoms with Gasteiger partial charge in [0.15, 0.2) is 0 Å². The zero-order chi connectivity index (χ0) is 23.5. The maximum Gasteiger partial charge on any atom is 0.309 e. The minimum Gasteiger partial charge on any atom is -0.466 e. The van der Waals surface area contributed by atoms with E-state index in [1.165, 1.54) is 0 Å². The van der Waals surface area contributed by atoms with Gasteiger partial charge in [0.1, 0.15) is 5.82 Å². The summed E-state index contributed by atoms with van der Waals surface area (Å²) in [5.74, 6) is -1.94. The van der Waals surface area contributed by atoms with Crippen molar-refractivity contribution in [2.24, 2.45) is 5.92 Å². The average Bonchev–Trinajstić information content (AvgIpc) is 2.78. The zero-order valence-electron chi connectivity index (χ0n) is 18.0. The summed E-state index contributed by atoms with van der Waals surface area (Å²) in [6.45, 7) is 3.10. The third-order valence-corrected chi connectivity index (χ3v) is 6.00. The quantitative estimate of drug-likeness (QED) is 0.567. The number of nitrogens with zero attached hydrogens (tertiary/aromatic N) is 2. The van der Waals surface area contributed by atoms with E-state index in [1.54, 1.807) is 31.2 Å². The number of H-pyrrole nitrogens is 1. The summed E-state index contributed by atoms with van der Waals surface area (Å²) in [5, 5.41) is 5.77. The predicted octanol–water partition coefficient (Wildman–Crippen LogP) is 2.27. The Morgan fingerprint density at radius 3 is 2.73 bits per heavy atom. The Kier molecular flexibility index (Phi) is 6.64. The van der Waals surface area contributed by atoms with Gasteiger partial charge in [-0.15, -0.1) is 0 Å². The molecular weight excluding hydrogens is 450 g/mol. The van der Waals surface area contributed by atoms with Crippen LogP contribution >= 0.6 is 11.6 Å². The average molecular weight is 474 g/mol. The van der Waals surface area contributed by atoms with E-state index in [9.17, 15) is 19.2 Å². The Morgan fingerprint density at radius 1 is 1.27 bits per heavy atom. The molecule has 11 heteroatoms. The van der Waals surface area contributed by atoms with Gasteiger partial charge in [0.05, 0.1) is 24.0 Å². The Bertz CT molecular complexity index is 1140. The fourth-order valence-electron chi connectivity index (χ4n) is 4.12. The Morgan fingerprint density at radius 2 is 2.03 bits per heavy atom. The number of ether oxygens (including phenoxy) is 1. The van der Waals surface area contributed by atoms with Crippen molar-refractivity contribution >= 4 is 46.8 Å². The second-order valence-electron chi connectivity index (χ2n) is 7.97. The van der Waals surface area contributed by atoms with Gasteiger partial charge in [-0.05, 0) is 38.0 Å². The summed E-state index contributed by atoms with van der Waals surface area (Å²) in [4.78, 5) is 59.1. The number of aromatic amines is 1. The standard InChI is InChI=1S/C22H24ClN5O5/c1-2-33-21(32)12-6-8-28(9-7-12)22-26-18-17(20(31)27-22)15(11-16(29)25-18)19(30)24-14-5-3-4-13(23)10-14/h3-5,10,12,15H,2,6-9,11H2,1H3,(H,24,30)(H2,25,26,27,29,31)/t15-/m1/s1. The van der Waals surface area contributed by atoms with Crippen LogP contribution in [-0.4, -0.2) is 47.4 Å². The molecule has 2 aliphatic rings. The molecule has 3 N–H and O–H groups in total. The van der Waals surface area contributed by atoms with E-state index in [1.807, 2.05) is 4.90 Å². The summed E-state index contributed by atoms with van der Waals surface area (Å²) in [5.41, 5.74) is 0.0820. The van der Waals surface area contributed by atoms with Crippen molar-refractivity contribution in [3.63, 3.8) is 0 Å². The van der Waals surface area contributed by atoms with E-state index in [4.69, 9.17) is 16.3 Å². The number of benzene rings is 1. The molecule has 10 nitrogen and oxygen atoms in total. The molecular formula is C22H24ClN5O5. The number of esters is 1. The number of nitrogens with one attached hydrogen (secondary N) is 3. The molecule has 2 aromatic rings. The number of hydrogen-bond donors (Lipinski definition) is 3. The van der Waals surface area contributed by atoms with E-state index in [2.05, 4.69) is 20.6 Å². The number of piperidine rings is 1. The van der Waals surface area contributed by atoms with Crippen molar-refractivity contribution in [2.75, 3.05) is 35.2 Å². The SMILES string of the molecule is CCOC(=O)C1CCN(c2nc3c(c(=O)[nH]2)[C@H](C(=O)Nc2cccc(Cl)c2)CC(=O)N3)CC1. The molecule has 0 radical (unpaired) electrons. The Hall–Kier alpha value is -3.40. The van der Waals surface area contributed by atoms with Crippen molar-refractivity contribution in [3.8, 4) is 0 Å². The molecule has 1 aromatic heterocycles. The van der Waals surface area contributed by atoms with Gasteiger partial charge >= 0.3 is 5.97 Å². The van der Waals surface area contributed by atoms with Crippen molar-refractivity contribution in [1.82, 2.24) is 9.97 Å².